The van der Waals surface area contributed by atoms with Gasteiger partial charge in [0, 0.05) is 5.02 Å². The average molecular weight is 293 g/mol. The van der Waals surface area contributed by atoms with Crippen LogP contribution in [0, 0.1) is 6.92 Å². The van der Waals surface area contributed by atoms with Crippen LogP contribution >= 0.6 is 11.6 Å². The van der Waals surface area contributed by atoms with E-state index in [2.05, 4.69) is 13.8 Å². The molecule has 1 aromatic heterocycles. The molecule has 0 saturated heterocycles. The summed E-state index contributed by atoms with van der Waals surface area (Å²) >= 11 is 6.22. The molecule has 0 fully saturated rings. The van der Waals surface area contributed by atoms with Crippen LogP contribution in [0.15, 0.2) is 28.7 Å². The minimum atomic E-state index is 0.286. The molecule has 1 heterocycles. The van der Waals surface area contributed by atoms with Crippen LogP contribution in [0.5, 0.6) is 5.75 Å². The van der Waals surface area contributed by atoms with Crippen LogP contribution in [0.1, 0.15) is 47.2 Å². The number of halogens is 1. The predicted molar refractivity (Wildman–Crippen MR) is 78.7 cm³/mol. The monoisotopic (exact) mass is 292 g/mol. The van der Waals surface area contributed by atoms with Gasteiger partial charge in [0.25, 0.3) is 0 Å². The molecule has 0 bridgehead atoms. The second-order valence-corrected chi connectivity index (χ2v) is 5.41. The molecule has 0 radical (unpaired) electrons. The van der Waals surface area contributed by atoms with Crippen molar-refractivity contribution in [3.63, 3.8) is 0 Å². The summed E-state index contributed by atoms with van der Waals surface area (Å²) in [7, 11) is 0. The lowest BCUT2D eigenvalue weighted by molar-refractivity contribution is 0.109. The Hall–Kier alpha value is -1.74. The van der Waals surface area contributed by atoms with Gasteiger partial charge in [-0.3, -0.25) is 4.79 Å². The quantitative estimate of drug-likeness (QED) is 0.746. The van der Waals surface area contributed by atoms with Crippen molar-refractivity contribution in [3.8, 4) is 5.75 Å². The smallest absolute Gasteiger partial charge is 0.185 e. The highest BCUT2D eigenvalue weighted by Gasteiger charge is 2.11. The molecule has 0 unspecified atom stereocenters. The highest BCUT2D eigenvalue weighted by Crippen LogP contribution is 2.31. The maximum atomic E-state index is 10.6. The third-order valence-electron chi connectivity index (χ3n) is 3.08. The largest absolute Gasteiger partial charge is 0.485 e. The molecule has 0 aliphatic carbocycles. The van der Waals surface area contributed by atoms with Gasteiger partial charge in [0.2, 0.25) is 0 Å². The number of rotatable bonds is 5. The minimum Gasteiger partial charge on any atom is -0.485 e. The SMILES string of the molecule is Cc1cc(Cl)c(C(C)C)cc1OCc1ccc(C=O)o1. The number of benzene rings is 1. The van der Waals surface area contributed by atoms with Crippen LogP contribution in [0.3, 0.4) is 0 Å². The van der Waals surface area contributed by atoms with E-state index in [-0.39, 0.29) is 6.61 Å². The summed E-state index contributed by atoms with van der Waals surface area (Å²) in [5.74, 6) is 2.03. The molecule has 4 heteroatoms. The predicted octanol–water partition coefficient (Wildman–Crippen LogP) is 4.76. The fourth-order valence-corrected chi connectivity index (χ4v) is 2.39. The maximum Gasteiger partial charge on any atom is 0.185 e. The van der Waals surface area contributed by atoms with E-state index in [1.165, 1.54) is 0 Å². The summed E-state index contributed by atoms with van der Waals surface area (Å²) in [6.45, 7) is 6.41. The number of hydrogen-bond donors (Lipinski definition) is 0. The average Bonchev–Trinajstić information content (AvgIpc) is 2.85. The van der Waals surface area contributed by atoms with E-state index in [0.29, 0.717) is 23.7 Å². The standard InChI is InChI=1S/C16H17ClO3/c1-10(2)14-7-16(11(3)6-15(14)17)19-9-13-5-4-12(8-18)20-13/h4-8,10H,9H2,1-3H3. The molecular formula is C16H17ClO3. The van der Waals surface area contributed by atoms with Crippen LogP contribution in [-0.4, -0.2) is 6.29 Å². The fraction of sp³-hybridized carbons (Fsp3) is 0.312. The molecule has 3 nitrogen and oxygen atoms in total. The van der Waals surface area contributed by atoms with Gasteiger partial charge in [-0.1, -0.05) is 25.4 Å². The number of carbonyl (C=O) groups is 1. The van der Waals surface area contributed by atoms with Crippen molar-refractivity contribution in [2.24, 2.45) is 0 Å². The van der Waals surface area contributed by atoms with Gasteiger partial charge < -0.3 is 9.15 Å². The normalized spacial score (nSPS) is 10.8. The Bertz CT molecular complexity index is 614. The van der Waals surface area contributed by atoms with Crippen LogP contribution in [-0.2, 0) is 6.61 Å². The topological polar surface area (TPSA) is 39.4 Å². The van der Waals surface area contributed by atoms with Gasteiger partial charge >= 0.3 is 0 Å². The molecule has 20 heavy (non-hydrogen) atoms. The lowest BCUT2D eigenvalue weighted by Crippen LogP contribution is -1.98. The highest BCUT2D eigenvalue weighted by atomic mass is 35.5. The molecule has 0 amide bonds. The van der Waals surface area contributed by atoms with Gasteiger partial charge in [-0.2, -0.15) is 0 Å². The second kappa shape index (κ2) is 6.14. The maximum absolute atomic E-state index is 10.6. The van der Waals surface area contributed by atoms with Crippen molar-refractivity contribution in [3.05, 3.63) is 51.9 Å². The van der Waals surface area contributed by atoms with Gasteiger partial charge in [0.15, 0.2) is 12.0 Å². The summed E-state index contributed by atoms with van der Waals surface area (Å²) in [5.41, 5.74) is 2.03. The Kier molecular flexibility index (Phi) is 4.50. The third kappa shape index (κ3) is 3.23. The Morgan fingerprint density at radius 1 is 1.35 bits per heavy atom. The first-order valence-electron chi connectivity index (χ1n) is 6.48. The van der Waals surface area contributed by atoms with E-state index >= 15 is 0 Å². The summed E-state index contributed by atoms with van der Waals surface area (Å²) in [6, 6.07) is 7.23. The van der Waals surface area contributed by atoms with Crippen molar-refractivity contribution in [2.45, 2.75) is 33.3 Å². The molecule has 1 aromatic carbocycles. The molecule has 0 N–H and O–H groups in total. The highest BCUT2D eigenvalue weighted by molar-refractivity contribution is 6.31. The van der Waals surface area contributed by atoms with Gasteiger partial charge in [0.1, 0.15) is 18.1 Å². The van der Waals surface area contributed by atoms with Crippen LogP contribution in [0.2, 0.25) is 5.02 Å². The molecule has 0 saturated carbocycles. The van der Waals surface area contributed by atoms with E-state index in [0.717, 1.165) is 21.9 Å². The number of furan rings is 1. The molecule has 0 aliphatic heterocycles. The second-order valence-electron chi connectivity index (χ2n) is 5.00. The van der Waals surface area contributed by atoms with Crippen LogP contribution in [0.25, 0.3) is 0 Å². The number of hydrogen-bond acceptors (Lipinski definition) is 3. The third-order valence-corrected chi connectivity index (χ3v) is 3.41. The van der Waals surface area contributed by atoms with Crippen molar-refractivity contribution in [2.75, 3.05) is 0 Å². The number of aldehydes is 1. The van der Waals surface area contributed by atoms with E-state index in [1.54, 1.807) is 12.1 Å². The zero-order chi connectivity index (χ0) is 14.7. The molecule has 0 aliphatic rings. The molecule has 2 rings (SSSR count). The first-order chi connectivity index (χ1) is 9.51. The fourth-order valence-electron chi connectivity index (χ4n) is 1.95. The van der Waals surface area contributed by atoms with Crippen LogP contribution < -0.4 is 4.74 Å². The first-order valence-corrected chi connectivity index (χ1v) is 6.85. The van der Waals surface area contributed by atoms with Gasteiger partial charge in [-0.05, 0) is 48.2 Å². The van der Waals surface area contributed by atoms with E-state index in [1.807, 2.05) is 19.1 Å². The molecule has 2 aromatic rings. The number of carbonyl (C=O) groups excluding carboxylic acids is 1. The van der Waals surface area contributed by atoms with Gasteiger partial charge in [0.05, 0.1) is 0 Å². The van der Waals surface area contributed by atoms with Crippen molar-refractivity contribution >= 4 is 17.9 Å². The molecule has 106 valence electrons. The summed E-state index contributed by atoms with van der Waals surface area (Å²) in [6.07, 6.45) is 0.675. The molecule has 0 spiro atoms. The summed E-state index contributed by atoms with van der Waals surface area (Å²) in [5, 5.41) is 0.756. The number of aryl methyl sites for hydroxylation is 1. The summed E-state index contributed by atoms with van der Waals surface area (Å²) < 4.78 is 11.0. The lowest BCUT2D eigenvalue weighted by atomic mass is 10.0. The van der Waals surface area contributed by atoms with Gasteiger partial charge in [-0.15, -0.1) is 0 Å². The van der Waals surface area contributed by atoms with Gasteiger partial charge in [-0.25, -0.2) is 0 Å². The zero-order valence-corrected chi connectivity index (χ0v) is 12.5. The summed E-state index contributed by atoms with van der Waals surface area (Å²) in [4.78, 5) is 10.6. The Labute approximate surface area is 123 Å². The van der Waals surface area contributed by atoms with E-state index in [9.17, 15) is 4.79 Å². The van der Waals surface area contributed by atoms with Crippen molar-refractivity contribution < 1.29 is 13.9 Å². The lowest BCUT2D eigenvalue weighted by Gasteiger charge is -2.14. The van der Waals surface area contributed by atoms with E-state index in [4.69, 9.17) is 20.8 Å². The van der Waals surface area contributed by atoms with E-state index < -0.39 is 0 Å². The number of ether oxygens (including phenoxy) is 1. The Morgan fingerprint density at radius 3 is 2.70 bits per heavy atom. The first kappa shape index (κ1) is 14.7. The molecular weight excluding hydrogens is 276 g/mol. The van der Waals surface area contributed by atoms with Crippen molar-refractivity contribution in [1.29, 1.82) is 0 Å². The zero-order valence-electron chi connectivity index (χ0n) is 11.8. The Morgan fingerprint density at radius 2 is 2.10 bits per heavy atom. The Balaban J connectivity index is 2.16. The minimum absolute atomic E-state index is 0.286. The van der Waals surface area contributed by atoms with Crippen molar-refractivity contribution in [1.82, 2.24) is 0 Å². The molecule has 0 atom stereocenters. The van der Waals surface area contributed by atoms with Crippen LogP contribution in [0.4, 0.5) is 0 Å².